The van der Waals surface area contributed by atoms with Crippen molar-refractivity contribution in [1.82, 2.24) is 25.1 Å². The minimum Gasteiger partial charge on any atom is -0.419 e. The zero-order valence-electron chi connectivity index (χ0n) is 15.9. The number of hydrogen-bond acceptors (Lipinski definition) is 6. The number of halogens is 1. The van der Waals surface area contributed by atoms with Gasteiger partial charge in [-0.25, -0.2) is 4.98 Å². The second-order valence-corrected chi connectivity index (χ2v) is 7.13. The molecule has 2 aromatic carbocycles. The van der Waals surface area contributed by atoms with E-state index in [-0.39, 0.29) is 5.56 Å². The molecule has 29 heavy (non-hydrogen) atoms. The van der Waals surface area contributed by atoms with Crippen LogP contribution in [0.1, 0.15) is 25.1 Å². The van der Waals surface area contributed by atoms with E-state index in [1.807, 2.05) is 36.4 Å². The highest BCUT2D eigenvalue weighted by Gasteiger charge is 2.16. The average Bonchev–Trinajstić information content (AvgIpc) is 3.17. The van der Waals surface area contributed by atoms with Crippen LogP contribution < -0.4 is 5.56 Å². The molecule has 0 aliphatic rings. The van der Waals surface area contributed by atoms with Crippen molar-refractivity contribution in [2.24, 2.45) is 0 Å². The van der Waals surface area contributed by atoms with Gasteiger partial charge >= 0.3 is 0 Å². The van der Waals surface area contributed by atoms with Gasteiger partial charge in [-0.1, -0.05) is 42.8 Å². The van der Waals surface area contributed by atoms with Crippen LogP contribution in [0.3, 0.4) is 0 Å². The molecular weight excluding hydrogens is 390 g/mol. The highest BCUT2D eigenvalue weighted by atomic mass is 35.5. The first-order valence-electron chi connectivity index (χ1n) is 9.41. The maximum absolute atomic E-state index is 12.3. The summed E-state index contributed by atoms with van der Waals surface area (Å²) in [5, 5.41) is 9.42. The van der Waals surface area contributed by atoms with Crippen LogP contribution in [0.25, 0.3) is 22.4 Å². The summed E-state index contributed by atoms with van der Waals surface area (Å²) in [6, 6.07) is 14.7. The number of para-hydroxylation sites is 1. The van der Waals surface area contributed by atoms with Gasteiger partial charge in [0, 0.05) is 0 Å². The third kappa shape index (κ3) is 4.36. The fourth-order valence-corrected chi connectivity index (χ4v) is 3.42. The van der Waals surface area contributed by atoms with E-state index >= 15 is 0 Å². The van der Waals surface area contributed by atoms with Crippen molar-refractivity contribution in [3.63, 3.8) is 0 Å². The normalized spacial score (nSPS) is 11.4. The Hall–Kier alpha value is -3.03. The third-order valence-corrected chi connectivity index (χ3v) is 4.83. The van der Waals surface area contributed by atoms with Gasteiger partial charge in [0.2, 0.25) is 11.8 Å². The Kier molecular flexibility index (Phi) is 5.69. The fraction of sp³-hybridized carbons (Fsp3) is 0.238. The molecule has 0 saturated heterocycles. The van der Waals surface area contributed by atoms with Crippen LogP contribution in [0.5, 0.6) is 0 Å². The van der Waals surface area contributed by atoms with Gasteiger partial charge in [-0.3, -0.25) is 9.69 Å². The van der Waals surface area contributed by atoms with E-state index in [2.05, 4.69) is 32.0 Å². The summed E-state index contributed by atoms with van der Waals surface area (Å²) in [4.78, 5) is 21.9. The summed E-state index contributed by atoms with van der Waals surface area (Å²) in [6.45, 7) is 3.80. The summed E-state index contributed by atoms with van der Waals surface area (Å²) >= 11 is 6.21. The molecule has 7 nitrogen and oxygen atoms in total. The number of aromatic amines is 1. The molecule has 2 heterocycles. The van der Waals surface area contributed by atoms with Crippen LogP contribution in [0.15, 0.2) is 57.7 Å². The van der Waals surface area contributed by atoms with Crippen molar-refractivity contribution in [3.8, 4) is 11.5 Å². The highest BCUT2D eigenvalue weighted by Crippen LogP contribution is 2.26. The van der Waals surface area contributed by atoms with Crippen LogP contribution in [-0.2, 0) is 13.1 Å². The molecule has 8 heteroatoms. The van der Waals surface area contributed by atoms with Crippen LogP contribution in [-0.4, -0.2) is 31.6 Å². The van der Waals surface area contributed by atoms with Crippen LogP contribution in [0, 0.1) is 0 Å². The maximum Gasteiger partial charge on any atom is 0.258 e. The monoisotopic (exact) mass is 409 g/mol. The Balaban J connectivity index is 1.55. The average molecular weight is 410 g/mol. The number of nitrogens with zero attached hydrogens (tertiary/aromatic N) is 4. The molecule has 4 rings (SSSR count). The number of aromatic nitrogens is 4. The first kappa shape index (κ1) is 19.3. The predicted molar refractivity (Wildman–Crippen MR) is 112 cm³/mol. The quantitative estimate of drug-likeness (QED) is 0.495. The number of H-pyrrole nitrogens is 1. The molecule has 0 aliphatic carbocycles. The Morgan fingerprint density at radius 2 is 1.86 bits per heavy atom. The highest BCUT2D eigenvalue weighted by molar-refractivity contribution is 6.33. The van der Waals surface area contributed by atoms with Crippen molar-refractivity contribution < 1.29 is 4.42 Å². The molecule has 4 aromatic rings. The molecule has 2 aromatic heterocycles. The lowest BCUT2D eigenvalue weighted by atomic mass is 10.2. The minimum atomic E-state index is -0.138. The van der Waals surface area contributed by atoms with Crippen molar-refractivity contribution in [1.29, 1.82) is 0 Å². The molecule has 0 aliphatic heterocycles. The molecule has 0 spiro atoms. The second kappa shape index (κ2) is 8.55. The molecule has 0 radical (unpaired) electrons. The first-order chi connectivity index (χ1) is 14.1. The number of benzene rings is 2. The molecule has 0 fully saturated rings. The van der Waals surface area contributed by atoms with Crippen molar-refractivity contribution in [3.05, 3.63) is 75.6 Å². The largest absolute Gasteiger partial charge is 0.419 e. The van der Waals surface area contributed by atoms with E-state index in [9.17, 15) is 4.79 Å². The molecule has 0 unspecified atom stereocenters. The lowest BCUT2D eigenvalue weighted by molar-refractivity contribution is 0.226. The van der Waals surface area contributed by atoms with Crippen LogP contribution in [0.4, 0.5) is 0 Å². The second-order valence-electron chi connectivity index (χ2n) is 6.72. The Morgan fingerprint density at radius 3 is 2.69 bits per heavy atom. The van der Waals surface area contributed by atoms with Gasteiger partial charge in [0.1, 0.15) is 5.82 Å². The molecule has 0 saturated carbocycles. The molecular formula is C21H20ClN5O2. The van der Waals surface area contributed by atoms with E-state index < -0.39 is 0 Å². The molecule has 1 N–H and O–H groups in total. The summed E-state index contributed by atoms with van der Waals surface area (Å²) in [7, 11) is 0. The van der Waals surface area contributed by atoms with E-state index in [4.69, 9.17) is 16.0 Å². The standard InChI is InChI=1S/C21H20ClN5O2/c1-2-11-27(12-18-23-17-10-6-4-8-15(17)20(28)24-18)13-19-25-26-21(29-19)14-7-3-5-9-16(14)22/h3-10H,2,11-13H2,1H3,(H,23,24,28). The Morgan fingerprint density at radius 1 is 1.07 bits per heavy atom. The third-order valence-electron chi connectivity index (χ3n) is 4.51. The fourth-order valence-electron chi connectivity index (χ4n) is 3.20. The van der Waals surface area contributed by atoms with Gasteiger partial charge < -0.3 is 9.40 Å². The van der Waals surface area contributed by atoms with Gasteiger partial charge in [0.15, 0.2) is 0 Å². The predicted octanol–water partition coefficient (Wildman–Crippen LogP) is 4.04. The van der Waals surface area contributed by atoms with Gasteiger partial charge in [-0.05, 0) is 37.2 Å². The molecule has 0 bridgehead atoms. The number of fused-ring (bicyclic) bond motifs is 1. The van der Waals surface area contributed by atoms with Crippen molar-refractivity contribution in [2.75, 3.05) is 6.54 Å². The summed E-state index contributed by atoms with van der Waals surface area (Å²) < 4.78 is 5.82. The van der Waals surface area contributed by atoms with Crippen molar-refractivity contribution in [2.45, 2.75) is 26.4 Å². The topological polar surface area (TPSA) is 87.9 Å². The maximum atomic E-state index is 12.3. The number of hydrogen-bond donors (Lipinski definition) is 1. The Bertz CT molecular complexity index is 1190. The molecule has 0 atom stereocenters. The van der Waals surface area contributed by atoms with E-state index in [0.29, 0.717) is 52.2 Å². The van der Waals surface area contributed by atoms with E-state index in [1.165, 1.54) is 0 Å². The zero-order chi connectivity index (χ0) is 20.2. The van der Waals surface area contributed by atoms with Gasteiger partial charge in [0.25, 0.3) is 5.56 Å². The van der Waals surface area contributed by atoms with Crippen LogP contribution >= 0.6 is 11.6 Å². The van der Waals surface area contributed by atoms with Crippen molar-refractivity contribution >= 4 is 22.5 Å². The number of nitrogens with one attached hydrogen (secondary N) is 1. The van der Waals surface area contributed by atoms with Crippen LogP contribution in [0.2, 0.25) is 5.02 Å². The summed E-state index contributed by atoms with van der Waals surface area (Å²) in [5.41, 5.74) is 1.25. The summed E-state index contributed by atoms with van der Waals surface area (Å²) in [5.74, 6) is 1.48. The molecule has 148 valence electrons. The first-order valence-corrected chi connectivity index (χ1v) is 9.79. The summed E-state index contributed by atoms with van der Waals surface area (Å²) in [6.07, 6.45) is 0.934. The van der Waals surface area contributed by atoms with Gasteiger partial charge in [-0.2, -0.15) is 0 Å². The zero-order valence-corrected chi connectivity index (χ0v) is 16.7. The van der Waals surface area contributed by atoms with E-state index in [0.717, 1.165) is 13.0 Å². The van der Waals surface area contributed by atoms with Gasteiger partial charge in [0.05, 0.1) is 34.6 Å². The number of rotatable bonds is 7. The lowest BCUT2D eigenvalue weighted by Gasteiger charge is -2.19. The van der Waals surface area contributed by atoms with Gasteiger partial charge in [-0.15, -0.1) is 10.2 Å². The molecule has 0 amide bonds. The Labute approximate surface area is 172 Å². The minimum absolute atomic E-state index is 0.138. The smallest absolute Gasteiger partial charge is 0.258 e. The van der Waals surface area contributed by atoms with E-state index in [1.54, 1.807) is 12.1 Å². The SMILES string of the molecule is CCCN(Cc1nc2ccccc2c(=O)[nH]1)Cc1nnc(-c2ccccc2Cl)o1. The lowest BCUT2D eigenvalue weighted by Crippen LogP contribution is -2.26.